The normalized spacial score (nSPS) is 60.2. The van der Waals surface area contributed by atoms with Crippen LogP contribution >= 0.6 is 0 Å². The van der Waals surface area contributed by atoms with E-state index in [1.807, 2.05) is 0 Å². The van der Waals surface area contributed by atoms with E-state index in [-0.39, 0.29) is 25.1 Å². The highest BCUT2D eigenvalue weighted by Crippen LogP contribution is 2.62. The van der Waals surface area contributed by atoms with Crippen LogP contribution < -0.4 is 9.47 Å². The molecule has 22 heavy (non-hydrogen) atoms. The van der Waals surface area contributed by atoms with Crippen molar-refractivity contribution in [3.05, 3.63) is 35.4 Å². The first kappa shape index (κ1) is 7.37. The summed E-state index contributed by atoms with van der Waals surface area (Å²) in [6.07, 6.45) is -2.34. The number of piperidine rings is 1. The average molecular weight is 307 g/mol. The first-order valence-corrected chi connectivity index (χ1v) is 7.37. The van der Waals surface area contributed by atoms with Crippen molar-refractivity contribution >= 4 is 0 Å². The quantitative estimate of drug-likeness (QED) is 0.841. The van der Waals surface area contributed by atoms with E-state index in [9.17, 15) is 4.11 Å². The number of hydrogen-bond acceptors (Lipinski definition) is 4. The van der Waals surface area contributed by atoms with Crippen LogP contribution in [0, 0.1) is 5.89 Å². The molecule has 116 valence electrons. The van der Waals surface area contributed by atoms with E-state index in [1.165, 1.54) is 13.2 Å². The average Bonchev–Trinajstić information content (AvgIpc) is 2.94. The van der Waals surface area contributed by atoms with Gasteiger partial charge in [0.1, 0.15) is 12.2 Å². The summed E-state index contributed by atoms with van der Waals surface area (Å²) >= 11 is 0. The minimum Gasteiger partial charge on any atom is -0.493 e. The Morgan fingerprint density at radius 3 is 3.32 bits per heavy atom. The molecule has 0 saturated carbocycles. The second kappa shape index (κ2) is 4.06. The van der Waals surface area contributed by atoms with Gasteiger partial charge in [-0.05, 0) is 38.0 Å². The molecular formula is C18H21NO3. The van der Waals surface area contributed by atoms with E-state index in [2.05, 4.69) is 5.11 Å². The fourth-order valence-electron chi connectivity index (χ4n) is 4.33. The summed E-state index contributed by atoms with van der Waals surface area (Å²) < 4.78 is 79.7. The Bertz CT molecular complexity index is 987. The Balaban J connectivity index is 1.92. The summed E-state index contributed by atoms with van der Waals surface area (Å²) in [7, 11) is 1.44. The second-order valence-corrected chi connectivity index (χ2v) is 6.10. The summed E-state index contributed by atoms with van der Waals surface area (Å²) in [4.78, 5) is 1.03. The van der Waals surface area contributed by atoms with Crippen LogP contribution in [0.3, 0.4) is 0 Å². The minimum absolute atomic E-state index is 0.0273. The molecule has 4 aliphatic rings. The van der Waals surface area contributed by atoms with Gasteiger partial charge in [-0.3, -0.25) is 0 Å². The van der Waals surface area contributed by atoms with E-state index >= 15 is 0 Å². The van der Waals surface area contributed by atoms with Crippen LogP contribution in [-0.2, 0) is 11.8 Å². The molecule has 1 fully saturated rings. The molecule has 2 aliphatic carbocycles. The molecule has 0 radical (unpaired) electrons. The molecule has 0 amide bonds. The fourth-order valence-corrected chi connectivity index (χ4v) is 4.33. The lowest BCUT2D eigenvalue weighted by molar-refractivity contribution is -0.0453. The third kappa shape index (κ3) is 1.28. The van der Waals surface area contributed by atoms with Gasteiger partial charge in [0.15, 0.2) is 11.5 Å². The summed E-state index contributed by atoms with van der Waals surface area (Å²) in [5.74, 6) is -1.43. The second-order valence-electron chi connectivity index (χ2n) is 6.10. The van der Waals surface area contributed by atoms with Crippen molar-refractivity contribution in [1.82, 2.24) is 4.90 Å². The van der Waals surface area contributed by atoms with Gasteiger partial charge in [0.05, 0.1) is 9.85 Å². The van der Waals surface area contributed by atoms with E-state index < -0.39 is 36.5 Å². The third-order valence-corrected chi connectivity index (χ3v) is 5.24. The van der Waals surface area contributed by atoms with Gasteiger partial charge in [0.25, 0.3) is 0 Å². The first-order chi connectivity index (χ1) is 13.9. The number of nitrogens with zero attached hydrogens (tertiary/aromatic N) is 1. The predicted molar refractivity (Wildman–Crippen MR) is 82.5 cm³/mol. The number of benzene rings is 1. The summed E-state index contributed by atoms with van der Waals surface area (Å²) in [6, 6.07) is 1.36. The van der Waals surface area contributed by atoms with Crippen molar-refractivity contribution in [3.63, 3.8) is 0 Å². The lowest BCUT2D eigenvalue weighted by Gasteiger charge is -2.56. The third-order valence-electron chi connectivity index (χ3n) is 5.24. The molecule has 1 saturated heterocycles. The van der Waals surface area contributed by atoms with Gasteiger partial charge in [-0.15, -0.1) is 0 Å². The molecule has 2 aliphatic heterocycles. The molecule has 0 aromatic heterocycles. The molecule has 2 bridgehead atoms. The van der Waals surface area contributed by atoms with Gasteiger partial charge in [0, 0.05) is 29.7 Å². The number of ether oxygens (including phenoxy) is 2. The number of methoxy groups -OCH3 is 1. The van der Waals surface area contributed by atoms with Crippen molar-refractivity contribution in [2.45, 2.75) is 36.4 Å². The predicted octanol–water partition coefficient (Wildman–Crippen LogP) is 1.50. The SMILES string of the molecule is [2H]OC1([2H])C=C[C@@]2([2H])[C@@]3([2H])Cc4ccc(OC)c5c4[C@@]2(CCN3C([2H])([2H])[2H])C1([2H])O5. The first-order valence-electron chi connectivity index (χ1n) is 11.3. The smallest absolute Gasteiger partial charge is 0.211 e. The number of aliphatic hydroxyl groups is 1. The molecule has 1 aromatic rings. The molecule has 2 unspecified atom stereocenters. The highest BCUT2D eigenvalue weighted by Gasteiger charge is 2.64. The minimum atomic E-state index is -2.62. The number of likely N-dealkylation sites (tertiary alicyclic amines) is 1. The molecule has 5 rings (SSSR count). The number of likely N-dealkylation sites (N-methyl/N-ethyl adjacent to an activating group) is 1. The van der Waals surface area contributed by atoms with Gasteiger partial charge < -0.3 is 19.5 Å². The number of rotatable bonds is 2. The molecule has 1 N–H and O–H groups in total. The van der Waals surface area contributed by atoms with Gasteiger partial charge in [-0.2, -0.15) is 0 Å². The molecule has 5 atom stereocenters. The lowest BCUT2D eigenvalue weighted by atomic mass is 9.53. The zero-order chi connectivity index (χ0) is 22.0. The lowest BCUT2D eigenvalue weighted by Crippen LogP contribution is -2.64. The van der Waals surface area contributed by atoms with Crippen molar-refractivity contribution in [1.29, 1.82) is 1.43 Å². The maximum atomic E-state index is 9.48. The van der Waals surface area contributed by atoms with Crippen LogP contribution in [0.2, 0.25) is 0 Å². The maximum Gasteiger partial charge on any atom is 0.211 e. The standard InChI is InChI=1S/C18H21NO3/c1-19-8-7-18-11-4-5-13(20)17(18)22-16-14(21-2)6-3-10(15(16)18)9-12(11)19/h3-6,11-13,17,20H,7-9H2,1-2H3/t11-,12+,13?,17?,18-/m0/s1/i1D3,11D,12D,13D,17D,20D. The molecule has 1 spiro atoms. The Morgan fingerprint density at radius 2 is 2.50 bits per heavy atom. The Morgan fingerprint density at radius 1 is 1.55 bits per heavy atom. The fraction of sp³-hybridized carbons (Fsp3) is 0.556. The topological polar surface area (TPSA) is 41.9 Å². The van der Waals surface area contributed by atoms with Crippen LogP contribution in [0.1, 0.15) is 27.1 Å². The summed E-state index contributed by atoms with van der Waals surface area (Å²) in [6.45, 7) is -2.72. The Labute approximate surface area is 141 Å². The van der Waals surface area contributed by atoms with Crippen molar-refractivity contribution in [2.24, 2.45) is 5.89 Å². The van der Waals surface area contributed by atoms with Crippen molar-refractivity contribution < 1.29 is 24.2 Å². The monoisotopic (exact) mass is 307 g/mol. The van der Waals surface area contributed by atoms with Gasteiger partial charge >= 0.3 is 0 Å². The largest absolute Gasteiger partial charge is 0.493 e. The Hall–Kier alpha value is -1.52. The van der Waals surface area contributed by atoms with Crippen LogP contribution in [0.4, 0.5) is 0 Å². The maximum absolute atomic E-state index is 9.48. The Kier molecular flexibility index (Phi) is 1.36. The highest BCUT2D eigenvalue weighted by atomic mass is 16.5. The molecule has 4 heteroatoms. The number of hydrogen-bond donors (Lipinski definition) is 1. The van der Waals surface area contributed by atoms with Crippen molar-refractivity contribution in [3.8, 4) is 11.5 Å². The molecule has 1 aromatic carbocycles. The summed E-state index contributed by atoms with van der Waals surface area (Å²) in [5, 5.41) is 4.68. The van der Waals surface area contributed by atoms with Gasteiger partial charge in [0.2, 0.25) is 1.43 Å². The van der Waals surface area contributed by atoms with E-state index in [0.29, 0.717) is 16.9 Å². The molecular weight excluding hydrogens is 278 g/mol. The highest BCUT2D eigenvalue weighted by molar-refractivity contribution is 5.62. The van der Waals surface area contributed by atoms with E-state index in [1.54, 1.807) is 12.1 Å². The summed E-state index contributed by atoms with van der Waals surface area (Å²) in [5.41, 5.74) is -0.536. The van der Waals surface area contributed by atoms with Crippen LogP contribution in [0.5, 0.6) is 11.5 Å². The van der Waals surface area contributed by atoms with Crippen molar-refractivity contribution in [2.75, 3.05) is 20.6 Å². The van der Waals surface area contributed by atoms with Gasteiger partial charge in [-0.25, -0.2) is 0 Å². The zero-order valence-corrected chi connectivity index (χ0v) is 12.1. The van der Waals surface area contributed by atoms with E-state index in [0.717, 1.165) is 11.0 Å². The van der Waals surface area contributed by atoms with E-state index in [4.69, 9.17) is 16.4 Å². The zero-order valence-electron chi connectivity index (χ0n) is 20.1. The van der Waals surface area contributed by atoms with Crippen LogP contribution in [-0.4, -0.2) is 50.2 Å². The van der Waals surface area contributed by atoms with Gasteiger partial charge in [-0.1, -0.05) is 18.2 Å². The molecule has 4 nitrogen and oxygen atoms in total. The molecule has 2 heterocycles. The van der Waals surface area contributed by atoms with Crippen LogP contribution in [0.25, 0.3) is 0 Å². The van der Waals surface area contributed by atoms with Crippen LogP contribution in [0.15, 0.2) is 24.3 Å².